The van der Waals surface area contributed by atoms with Gasteiger partial charge in [-0.3, -0.25) is 14.2 Å². The van der Waals surface area contributed by atoms with E-state index in [4.69, 9.17) is 4.74 Å². The first-order valence-corrected chi connectivity index (χ1v) is 9.43. The molecular formula is C20H21N3O3S. The first-order valence-electron chi connectivity index (χ1n) is 8.45. The normalized spacial score (nSPS) is 10.8. The smallest absolute Gasteiger partial charge is 0.262 e. The average Bonchev–Trinajstić information content (AvgIpc) is 2.69. The molecular weight excluding hydrogens is 362 g/mol. The monoisotopic (exact) mass is 383 g/mol. The minimum absolute atomic E-state index is 0.0293. The molecule has 0 saturated heterocycles. The lowest BCUT2D eigenvalue weighted by Gasteiger charge is -2.14. The summed E-state index contributed by atoms with van der Waals surface area (Å²) in [6.07, 6.45) is 0. The van der Waals surface area contributed by atoms with Crippen LogP contribution in [0.3, 0.4) is 0 Å². The number of carbonyl (C=O) groups excluding carboxylic acids is 1. The number of benzene rings is 2. The number of thioether (sulfide) groups is 1. The second-order valence-corrected chi connectivity index (χ2v) is 7.17. The first-order chi connectivity index (χ1) is 13.0. The van der Waals surface area contributed by atoms with Gasteiger partial charge in [0.1, 0.15) is 5.75 Å². The standard InChI is InChI=1S/C20H21N3O3S/c1-22(2)18(24)13-27-20-21-17-7-5-4-6-16(17)19(25)23(20)12-14-8-10-15(26-3)11-9-14/h4-11H,12-13H2,1-3H3. The molecule has 27 heavy (non-hydrogen) atoms. The number of amides is 1. The van der Waals surface area contributed by atoms with Crippen LogP contribution in [-0.4, -0.2) is 47.3 Å². The third-order valence-corrected chi connectivity index (χ3v) is 5.11. The van der Waals surface area contributed by atoms with Gasteiger partial charge in [0.05, 0.1) is 30.3 Å². The topological polar surface area (TPSA) is 64.4 Å². The fourth-order valence-electron chi connectivity index (χ4n) is 2.57. The largest absolute Gasteiger partial charge is 0.497 e. The summed E-state index contributed by atoms with van der Waals surface area (Å²) >= 11 is 1.28. The molecule has 0 spiro atoms. The third kappa shape index (κ3) is 4.31. The molecule has 0 atom stereocenters. The number of aromatic nitrogens is 2. The van der Waals surface area contributed by atoms with Crippen LogP contribution in [0.4, 0.5) is 0 Å². The van der Waals surface area contributed by atoms with Gasteiger partial charge in [0.2, 0.25) is 5.91 Å². The average molecular weight is 383 g/mol. The van der Waals surface area contributed by atoms with Crippen molar-refractivity contribution in [3.8, 4) is 5.75 Å². The lowest BCUT2D eigenvalue weighted by Crippen LogP contribution is -2.26. The highest BCUT2D eigenvalue weighted by Gasteiger charge is 2.14. The second kappa shape index (κ2) is 8.26. The fourth-order valence-corrected chi connectivity index (χ4v) is 3.54. The Hall–Kier alpha value is -2.80. The van der Waals surface area contributed by atoms with Crippen LogP contribution < -0.4 is 10.3 Å². The zero-order chi connectivity index (χ0) is 19.4. The van der Waals surface area contributed by atoms with Crippen LogP contribution >= 0.6 is 11.8 Å². The van der Waals surface area contributed by atoms with Gasteiger partial charge < -0.3 is 9.64 Å². The minimum Gasteiger partial charge on any atom is -0.497 e. The molecule has 7 heteroatoms. The summed E-state index contributed by atoms with van der Waals surface area (Å²) in [7, 11) is 5.03. The molecule has 0 saturated carbocycles. The van der Waals surface area contributed by atoms with E-state index in [-0.39, 0.29) is 17.2 Å². The van der Waals surface area contributed by atoms with Crippen molar-refractivity contribution in [2.45, 2.75) is 11.7 Å². The molecule has 0 N–H and O–H groups in total. The molecule has 1 amide bonds. The highest BCUT2D eigenvalue weighted by Crippen LogP contribution is 2.20. The molecule has 0 radical (unpaired) electrons. The Morgan fingerprint density at radius 2 is 1.85 bits per heavy atom. The number of hydrogen-bond donors (Lipinski definition) is 0. The Bertz CT molecular complexity index is 1010. The van der Waals surface area contributed by atoms with Gasteiger partial charge in [0, 0.05) is 14.1 Å². The van der Waals surface area contributed by atoms with Gasteiger partial charge in [-0.1, -0.05) is 36.0 Å². The van der Waals surface area contributed by atoms with Crippen LogP contribution in [0, 0.1) is 0 Å². The molecule has 0 aliphatic rings. The van der Waals surface area contributed by atoms with Crippen LogP contribution in [-0.2, 0) is 11.3 Å². The van der Waals surface area contributed by atoms with E-state index < -0.39 is 0 Å². The van der Waals surface area contributed by atoms with Crippen molar-refractivity contribution in [2.75, 3.05) is 27.0 Å². The van der Waals surface area contributed by atoms with Gasteiger partial charge in [-0.15, -0.1) is 0 Å². The fraction of sp³-hybridized carbons (Fsp3) is 0.250. The summed E-state index contributed by atoms with van der Waals surface area (Å²) in [6.45, 7) is 0.374. The molecule has 1 heterocycles. The summed E-state index contributed by atoms with van der Waals surface area (Å²) < 4.78 is 6.81. The van der Waals surface area contributed by atoms with E-state index in [1.807, 2.05) is 42.5 Å². The van der Waals surface area contributed by atoms with E-state index in [1.165, 1.54) is 16.7 Å². The molecule has 0 bridgehead atoms. The molecule has 0 unspecified atom stereocenters. The predicted molar refractivity (Wildman–Crippen MR) is 108 cm³/mol. The molecule has 2 aromatic carbocycles. The molecule has 0 aliphatic carbocycles. The van der Waals surface area contributed by atoms with Gasteiger partial charge in [0.25, 0.3) is 5.56 Å². The highest BCUT2D eigenvalue weighted by atomic mass is 32.2. The number of methoxy groups -OCH3 is 1. The van der Waals surface area contributed by atoms with Gasteiger partial charge in [-0.05, 0) is 29.8 Å². The number of nitrogens with zero attached hydrogens (tertiary/aromatic N) is 3. The maximum atomic E-state index is 13.0. The van der Waals surface area contributed by atoms with Crippen LogP contribution in [0.1, 0.15) is 5.56 Å². The molecule has 0 aliphatic heterocycles. The summed E-state index contributed by atoms with van der Waals surface area (Å²) in [4.78, 5) is 31.2. The number of rotatable bonds is 6. The quantitative estimate of drug-likeness (QED) is 0.484. The van der Waals surface area contributed by atoms with Crippen LogP contribution in [0.25, 0.3) is 10.9 Å². The predicted octanol–water partition coefficient (Wildman–Crippen LogP) is 2.63. The van der Waals surface area contributed by atoms with Crippen molar-refractivity contribution >= 4 is 28.6 Å². The first kappa shape index (κ1) is 19.0. The number of hydrogen-bond acceptors (Lipinski definition) is 5. The zero-order valence-electron chi connectivity index (χ0n) is 15.5. The Morgan fingerprint density at radius 1 is 1.15 bits per heavy atom. The maximum absolute atomic E-state index is 13.0. The summed E-state index contributed by atoms with van der Waals surface area (Å²) in [5.74, 6) is 0.952. The number of fused-ring (bicyclic) bond motifs is 1. The number of para-hydroxylation sites is 1. The lowest BCUT2D eigenvalue weighted by atomic mass is 10.2. The summed E-state index contributed by atoms with van der Waals surface area (Å²) in [6, 6.07) is 14.8. The second-order valence-electron chi connectivity index (χ2n) is 6.23. The van der Waals surface area contributed by atoms with Gasteiger partial charge in [-0.2, -0.15) is 0 Å². The Kier molecular flexibility index (Phi) is 5.81. The molecule has 0 fully saturated rings. The molecule has 6 nitrogen and oxygen atoms in total. The van der Waals surface area contributed by atoms with Gasteiger partial charge >= 0.3 is 0 Å². The molecule has 1 aromatic heterocycles. The lowest BCUT2D eigenvalue weighted by molar-refractivity contribution is -0.125. The van der Waals surface area contributed by atoms with Crippen molar-refractivity contribution in [1.82, 2.24) is 14.5 Å². The van der Waals surface area contributed by atoms with Gasteiger partial charge in [-0.25, -0.2) is 4.98 Å². The van der Waals surface area contributed by atoms with Crippen LogP contribution in [0.15, 0.2) is 58.5 Å². The van der Waals surface area contributed by atoms with Crippen molar-refractivity contribution in [1.29, 1.82) is 0 Å². The third-order valence-electron chi connectivity index (χ3n) is 4.15. The molecule has 140 valence electrons. The van der Waals surface area contributed by atoms with E-state index >= 15 is 0 Å². The summed E-state index contributed by atoms with van der Waals surface area (Å²) in [5, 5.41) is 1.10. The maximum Gasteiger partial charge on any atom is 0.262 e. The van der Waals surface area contributed by atoms with E-state index in [2.05, 4.69) is 4.98 Å². The SMILES string of the molecule is COc1ccc(Cn2c(SCC(=O)N(C)C)nc3ccccc3c2=O)cc1. The van der Waals surface area contributed by atoms with Gasteiger partial charge in [0.15, 0.2) is 5.16 Å². The van der Waals surface area contributed by atoms with Crippen molar-refractivity contribution in [3.05, 3.63) is 64.4 Å². The van der Waals surface area contributed by atoms with E-state index in [9.17, 15) is 9.59 Å². The van der Waals surface area contributed by atoms with E-state index in [1.54, 1.807) is 31.8 Å². The van der Waals surface area contributed by atoms with Crippen LogP contribution in [0.5, 0.6) is 5.75 Å². The molecule has 3 rings (SSSR count). The zero-order valence-corrected chi connectivity index (χ0v) is 16.3. The minimum atomic E-state index is -0.115. The Balaban J connectivity index is 2.01. The van der Waals surface area contributed by atoms with E-state index in [0.717, 1.165) is 11.3 Å². The van der Waals surface area contributed by atoms with Crippen molar-refractivity contribution < 1.29 is 9.53 Å². The Morgan fingerprint density at radius 3 is 2.52 bits per heavy atom. The number of carbonyl (C=O) groups is 1. The Labute approximate surface area is 161 Å². The van der Waals surface area contributed by atoms with Crippen molar-refractivity contribution in [3.63, 3.8) is 0 Å². The highest BCUT2D eigenvalue weighted by molar-refractivity contribution is 7.99. The molecule has 3 aromatic rings. The number of ether oxygens (including phenoxy) is 1. The van der Waals surface area contributed by atoms with E-state index in [0.29, 0.717) is 22.6 Å². The van der Waals surface area contributed by atoms with Crippen molar-refractivity contribution in [2.24, 2.45) is 0 Å². The van der Waals surface area contributed by atoms with Crippen LogP contribution in [0.2, 0.25) is 0 Å². The summed E-state index contributed by atoms with van der Waals surface area (Å²) in [5.41, 5.74) is 1.47.